The summed E-state index contributed by atoms with van der Waals surface area (Å²) < 4.78 is 15.6. The van der Waals surface area contributed by atoms with Crippen LogP contribution in [-0.4, -0.2) is 69.2 Å². The quantitative estimate of drug-likeness (QED) is 0.385. The normalized spacial score (nSPS) is 13.0. The van der Waals surface area contributed by atoms with Gasteiger partial charge in [-0.2, -0.15) is 0 Å². The third-order valence-corrected chi connectivity index (χ3v) is 5.53. The van der Waals surface area contributed by atoms with E-state index in [-0.39, 0.29) is 19.1 Å². The first-order valence-electron chi connectivity index (χ1n) is 11.2. The Bertz CT molecular complexity index is 949. The molecule has 0 saturated heterocycles. The van der Waals surface area contributed by atoms with Crippen molar-refractivity contribution in [1.29, 1.82) is 0 Å². The lowest BCUT2D eigenvalue weighted by molar-refractivity contribution is -0.139. The van der Waals surface area contributed by atoms with Crippen LogP contribution in [0.3, 0.4) is 0 Å². The topological polar surface area (TPSA) is 123 Å². The van der Waals surface area contributed by atoms with Crippen molar-refractivity contribution in [3.63, 3.8) is 0 Å². The first kappa shape index (κ1) is 25.2. The van der Waals surface area contributed by atoms with Crippen LogP contribution in [-0.2, 0) is 23.8 Å². The van der Waals surface area contributed by atoms with Gasteiger partial charge in [0.05, 0.1) is 19.6 Å². The number of nitrogens with one attached hydrogen (secondary N) is 2. The van der Waals surface area contributed by atoms with Crippen molar-refractivity contribution in [2.45, 2.75) is 24.8 Å². The molecule has 0 heterocycles. The van der Waals surface area contributed by atoms with E-state index in [1.807, 2.05) is 48.5 Å². The second kappa shape index (κ2) is 12.7. The number of carboxylic acids is 1. The van der Waals surface area contributed by atoms with E-state index in [9.17, 15) is 14.4 Å². The Hall–Kier alpha value is -3.43. The summed E-state index contributed by atoms with van der Waals surface area (Å²) in [6.07, 6.45) is -0.855. The summed E-state index contributed by atoms with van der Waals surface area (Å²) in [4.78, 5) is 36.1. The Morgan fingerprint density at radius 3 is 2.24 bits per heavy atom. The minimum absolute atomic E-state index is 0.0695. The van der Waals surface area contributed by atoms with Crippen LogP contribution in [0.15, 0.2) is 48.5 Å². The van der Waals surface area contributed by atoms with E-state index < -0.39 is 30.4 Å². The van der Waals surface area contributed by atoms with E-state index in [0.29, 0.717) is 26.2 Å². The van der Waals surface area contributed by atoms with Gasteiger partial charge in [0.1, 0.15) is 12.6 Å². The molecular formula is C25H30N2O7. The largest absolute Gasteiger partial charge is 0.481 e. The fourth-order valence-corrected chi connectivity index (χ4v) is 3.92. The van der Waals surface area contributed by atoms with E-state index in [4.69, 9.17) is 19.3 Å². The molecule has 2 aromatic carbocycles. The highest BCUT2D eigenvalue weighted by atomic mass is 16.5. The van der Waals surface area contributed by atoms with E-state index in [1.54, 1.807) is 7.11 Å². The second-order valence-corrected chi connectivity index (χ2v) is 7.87. The lowest BCUT2D eigenvalue weighted by Gasteiger charge is -2.18. The number of ether oxygens (including phenoxy) is 3. The molecule has 9 nitrogen and oxygen atoms in total. The molecule has 0 aliphatic heterocycles. The molecule has 9 heteroatoms. The fraction of sp³-hybridized carbons (Fsp3) is 0.400. The Labute approximate surface area is 198 Å². The third kappa shape index (κ3) is 6.79. The van der Waals surface area contributed by atoms with Gasteiger partial charge in [0.2, 0.25) is 5.91 Å². The smallest absolute Gasteiger partial charge is 0.407 e. The monoisotopic (exact) mass is 470 g/mol. The molecule has 1 unspecified atom stereocenters. The van der Waals surface area contributed by atoms with Gasteiger partial charge in [-0.1, -0.05) is 48.5 Å². The SMILES string of the molecule is COCCOCCCNC(=O)C(CC(=O)O)NC(=O)OCC1c2ccccc2-c2ccccc21. The zero-order valence-corrected chi connectivity index (χ0v) is 19.1. The zero-order chi connectivity index (χ0) is 24.3. The molecule has 3 N–H and O–H groups in total. The molecule has 1 aliphatic rings. The number of carbonyl (C=O) groups excluding carboxylic acids is 2. The lowest BCUT2D eigenvalue weighted by atomic mass is 9.98. The number of fused-ring (bicyclic) bond motifs is 3. The molecule has 0 bridgehead atoms. The zero-order valence-electron chi connectivity index (χ0n) is 19.1. The number of carboxylic acid groups (broad SMARTS) is 1. The Morgan fingerprint density at radius 2 is 1.62 bits per heavy atom. The van der Waals surface area contributed by atoms with E-state index in [1.165, 1.54) is 0 Å². The molecule has 2 amide bonds. The molecule has 182 valence electrons. The number of amides is 2. The minimum atomic E-state index is -1.25. The van der Waals surface area contributed by atoms with Crippen molar-refractivity contribution in [2.24, 2.45) is 0 Å². The Morgan fingerprint density at radius 1 is 0.971 bits per heavy atom. The van der Waals surface area contributed by atoms with Crippen molar-refractivity contribution < 1.29 is 33.7 Å². The first-order valence-corrected chi connectivity index (χ1v) is 11.2. The predicted octanol–water partition coefficient (Wildman–Crippen LogP) is 2.54. The highest BCUT2D eigenvalue weighted by Crippen LogP contribution is 2.44. The number of benzene rings is 2. The average Bonchev–Trinajstić information content (AvgIpc) is 3.15. The molecule has 0 radical (unpaired) electrons. The van der Waals surface area contributed by atoms with Gasteiger partial charge in [-0.05, 0) is 28.7 Å². The lowest BCUT2D eigenvalue weighted by Crippen LogP contribution is -2.48. The van der Waals surface area contributed by atoms with Gasteiger partial charge in [0.15, 0.2) is 0 Å². The molecule has 1 atom stereocenters. The fourth-order valence-electron chi connectivity index (χ4n) is 3.92. The number of carbonyl (C=O) groups is 3. The maximum atomic E-state index is 12.5. The van der Waals surface area contributed by atoms with Crippen LogP contribution in [0.5, 0.6) is 0 Å². The Kier molecular flexibility index (Phi) is 9.42. The van der Waals surface area contributed by atoms with Gasteiger partial charge >= 0.3 is 12.1 Å². The van der Waals surface area contributed by atoms with Crippen LogP contribution in [0.1, 0.15) is 29.9 Å². The van der Waals surface area contributed by atoms with Crippen molar-refractivity contribution in [2.75, 3.05) is 40.1 Å². The van der Waals surface area contributed by atoms with Crippen molar-refractivity contribution >= 4 is 18.0 Å². The summed E-state index contributed by atoms with van der Waals surface area (Å²) in [7, 11) is 1.58. The number of aliphatic carboxylic acids is 1. The molecule has 0 spiro atoms. The van der Waals surface area contributed by atoms with E-state index in [0.717, 1.165) is 22.3 Å². The summed E-state index contributed by atoms with van der Waals surface area (Å²) >= 11 is 0. The number of hydrogen-bond donors (Lipinski definition) is 3. The summed E-state index contributed by atoms with van der Waals surface area (Å²) in [5.74, 6) is -1.93. The predicted molar refractivity (Wildman–Crippen MR) is 125 cm³/mol. The van der Waals surface area contributed by atoms with Gasteiger partial charge in [0.25, 0.3) is 0 Å². The van der Waals surface area contributed by atoms with Crippen LogP contribution < -0.4 is 10.6 Å². The van der Waals surface area contributed by atoms with Gasteiger partial charge in [-0.25, -0.2) is 4.79 Å². The summed E-state index contributed by atoms with van der Waals surface area (Å²) in [5, 5.41) is 14.2. The van der Waals surface area contributed by atoms with Crippen molar-refractivity contribution in [1.82, 2.24) is 10.6 Å². The third-order valence-electron chi connectivity index (χ3n) is 5.53. The number of rotatable bonds is 13. The summed E-state index contributed by atoms with van der Waals surface area (Å²) in [6, 6.07) is 14.6. The van der Waals surface area contributed by atoms with Gasteiger partial charge < -0.3 is 30.0 Å². The highest BCUT2D eigenvalue weighted by molar-refractivity contribution is 5.89. The first-order chi connectivity index (χ1) is 16.5. The van der Waals surface area contributed by atoms with Crippen molar-refractivity contribution in [3.05, 3.63) is 59.7 Å². The number of alkyl carbamates (subject to hydrolysis) is 1. The van der Waals surface area contributed by atoms with Gasteiger partial charge in [-0.3, -0.25) is 9.59 Å². The van der Waals surface area contributed by atoms with Crippen LogP contribution in [0.25, 0.3) is 11.1 Å². The van der Waals surface area contributed by atoms with Crippen LogP contribution in [0, 0.1) is 0 Å². The standard InChI is InChI=1S/C25H30N2O7/c1-32-13-14-33-12-6-11-26-24(30)22(15-23(28)29)27-25(31)34-16-21-19-9-4-2-7-17(19)18-8-3-5-10-20(18)21/h2-5,7-10,21-22H,6,11-16H2,1H3,(H,26,30)(H,27,31)(H,28,29). The maximum absolute atomic E-state index is 12.5. The highest BCUT2D eigenvalue weighted by Gasteiger charge is 2.30. The van der Waals surface area contributed by atoms with Crippen LogP contribution in [0.2, 0.25) is 0 Å². The Balaban J connectivity index is 1.52. The molecular weight excluding hydrogens is 440 g/mol. The molecule has 2 aromatic rings. The van der Waals surface area contributed by atoms with E-state index >= 15 is 0 Å². The molecule has 0 aromatic heterocycles. The molecule has 34 heavy (non-hydrogen) atoms. The van der Waals surface area contributed by atoms with Crippen LogP contribution >= 0.6 is 0 Å². The minimum Gasteiger partial charge on any atom is -0.481 e. The number of methoxy groups -OCH3 is 1. The van der Waals surface area contributed by atoms with Crippen molar-refractivity contribution in [3.8, 4) is 11.1 Å². The summed E-state index contributed by atoms with van der Waals surface area (Å²) in [5.41, 5.74) is 4.32. The maximum Gasteiger partial charge on any atom is 0.407 e. The molecule has 0 fully saturated rings. The van der Waals surface area contributed by atoms with E-state index in [2.05, 4.69) is 10.6 Å². The molecule has 3 rings (SSSR count). The van der Waals surface area contributed by atoms with Crippen LogP contribution in [0.4, 0.5) is 4.79 Å². The molecule has 0 saturated carbocycles. The van der Waals surface area contributed by atoms with Gasteiger partial charge in [0, 0.05) is 26.2 Å². The second-order valence-electron chi connectivity index (χ2n) is 7.87. The number of hydrogen-bond acceptors (Lipinski definition) is 6. The average molecular weight is 471 g/mol. The summed E-state index contributed by atoms with van der Waals surface area (Å²) in [6.45, 7) is 1.72. The van der Waals surface area contributed by atoms with Gasteiger partial charge in [-0.15, -0.1) is 0 Å². The molecule has 1 aliphatic carbocycles.